The van der Waals surface area contributed by atoms with Gasteiger partial charge < -0.3 is 9.73 Å². The van der Waals surface area contributed by atoms with E-state index in [1.165, 1.54) is 6.07 Å². The largest absolute Gasteiger partial charge is 0.424 e. The van der Waals surface area contributed by atoms with Crippen molar-refractivity contribution >= 4 is 5.69 Å². The molecular weight excluding hydrogens is 197 g/mol. The van der Waals surface area contributed by atoms with Crippen LogP contribution in [0.1, 0.15) is 11.8 Å². The number of nitrogens with one attached hydrogen (secondary N) is 1. The van der Waals surface area contributed by atoms with Crippen molar-refractivity contribution in [2.24, 2.45) is 0 Å². The summed E-state index contributed by atoms with van der Waals surface area (Å²) in [6.07, 6.45) is 0. The van der Waals surface area contributed by atoms with Crippen LogP contribution in [0.4, 0.5) is 10.1 Å². The van der Waals surface area contributed by atoms with Gasteiger partial charge in [0.05, 0.1) is 12.2 Å². The van der Waals surface area contributed by atoms with Crippen molar-refractivity contribution in [3.05, 3.63) is 41.9 Å². The Morgan fingerprint density at radius 3 is 2.80 bits per heavy atom. The lowest BCUT2D eigenvalue weighted by molar-refractivity contribution is 0.474. The lowest BCUT2D eigenvalue weighted by atomic mass is 10.3. The minimum atomic E-state index is -0.297. The molecular formula is C10H10FN3O. The molecule has 0 amide bonds. The van der Waals surface area contributed by atoms with Gasteiger partial charge in [0.2, 0.25) is 11.8 Å². The van der Waals surface area contributed by atoms with E-state index < -0.39 is 0 Å². The summed E-state index contributed by atoms with van der Waals surface area (Å²) in [5.41, 5.74) is 0.424. The lowest BCUT2D eigenvalue weighted by Crippen LogP contribution is -2.01. The summed E-state index contributed by atoms with van der Waals surface area (Å²) in [7, 11) is 0. The van der Waals surface area contributed by atoms with Gasteiger partial charge >= 0.3 is 0 Å². The van der Waals surface area contributed by atoms with E-state index in [4.69, 9.17) is 4.42 Å². The number of para-hydroxylation sites is 1. The van der Waals surface area contributed by atoms with Crippen molar-refractivity contribution in [1.29, 1.82) is 0 Å². The average Bonchev–Trinajstić information content (AvgIpc) is 2.63. The van der Waals surface area contributed by atoms with Gasteiger partial charge in [-0.3, -0.25) is 0 Å². The second-order valence-electron chi connectivity index (χ2n) is 3.05. The number of halogens is 1. The first-order valence-corrected chi connectivity index (χ1v) is 4.53. The van der Waals surface area contributed by atoms with E-state index in [9.17, 15) is 4.39 Å². The molecule has 0 aliphatic heterocycles. The fraction of sp³-hybridized carbons (Fsp3) is 0.200. The first-order chi connectivity index (χ1) is 7.25. The molecule has 0 spiro atoms. The molecule has 0 aliphatic carbocycles. The Hall–Kier alpha value is -1.91. The normalized spacial score (nSPS) is 10.3. The standard InChI is InChI=1S/C10H10FN3O/c1-7-13-14-10(15-7)6-12-9-5-3-2-4-8(9)11/h2-5,12H,6H2,1H3. The van der Waals surface area contributed by atoms with E-state index in [1.54, 1.807) is 25.1 Å². The van der Waals surface area contributed by atoms with Crippen LogP contribution < -0.4 is 5.32 Å². The highest BCUT2D eigenvalue weighted by atomic mass is 19.1. The Bertz CT molecular complexity index is 455. The van der Waals surface area contributed by atoms with Crippen molar-refractivity contribution in [2.45, 2.75) is 13.5 Å². The molecule has 1 heterocycles. The number of aromatic nitrogens is 2. The fourth-order valence-electron chi connectivity index (χ4n) is 1.18. The van der Waals surface area contributed by atoms with E-state index >= 15 is 0 Å². The van der Waals surface area contributed by atoms with Crippen LogP contribution in [0.25, 0.3) is 0 Å². The van der Waals surface area contributed by atoms with Gasteiger partial charge in [-0.15, -0.1) is 10.2 Å². The number of hydrogen-bond donors (Lipinski definition) is 1. The van der Waals surface area contributed by atoms with E-state index in [0.717, 1.165) is 0 Å². The van der Waals surface area contributed by atoms with Gasteiger partial charge in [0.1, 0.15) is 5.82 Å². The van der Waals surface area contributed by atoms with Gasteiger partial charge in [-0.25, -0.2) is 4.39 Å². The molecule has 2 rings (SSSR count). The summed E-state index contributed by atoms with van der Waals surface area (Å²) >= 11 is 0. The van der Waals surface area contributed by atoms with E-state index in [-0.39, 0.29) is 5.82 Å². The van der Waals surface area contributed by atoms with Crippen molar-refractivity contribution in [3.8, 4) is 0 Å². The molecule has 1 N–H and O–H groups in total. The summed E-state index contributed by atoms with van der Waals surface area (Å²) in [6.45, 7) is 2.03. The van der Waals surface area contributed by atoms with Crippen LogP contribution >= 0.6 is 0 Å². The molecule has 0 bridgehead atoms. The first kappa shape index (κ1) is 9.64. The summed E-state index contributed by atoms with van der Waals surface area (Å²) < 4.78 is 18.3. The van der Waals surface area contributed by atoms with Crippen LogP contribution in [0.5, 0.6) is 0 Å². The maximum atomic E-state index is 13.2. The number of hydrogen-bond acceptors (Lipinski definition) is 4. The van der Waals surface area contributed by atoms with Crippen LogP contribution in [0.15, 0.2) is 28.7 Å². The molecule has 2 aromatic rings. The molecule has 78 valence electrons. The minimum Gasteiger partial charge on any atom is -0.424 e. The van der Waals surface area contributed by atoms with Gasteiger partial charge in [-0.2, -0.15) is 0 Å². The van der Waals surface area contributed by atoms with Crippen molar-refractivity contribution in [2.75, 3.05) is 5.32 Å². The highest BCUT2D eigenvalue weighted by molar-refractivity contribution is 5.44. The summed E-state index contributed by atoms with van der Waals surface area (Å²) in [6, 6.07) is 6.43. The molecule has 0 fully saturated rings. The molecule has 0 unspecified atom stereocenters. The maximum absolute atomic E-state index is 13.2. The zero-order valence-corrected chi connectivity index (χ0v) is 8.20. The second-order valence-corrected chi connectivity index (χ2v) is 3.05. The summed E-state index contributed by atoms with van der Waals surface area (Å²) in [4.78, 5) is 0. The van der Waals surface area contributed by atoms with Crippen LogP contribution in [-0.4, -0.2) is 10.2 Å². The molecule has 15 heavy (non-hydrogen) atoms. The van der Waals surface area contributed by atoms with Crippen LogP contribution in [-0.2, 0) is 6.54 Å². The lowest BCUT2D eigenvalue weighted by Gasteiger charge is -2.03. The van der Waals surface area contributed by atoms with Gasteiger partial charge in [0.25, 0.3) is 0 Å². The summed E-state index contributed by atoms with van der Waals surface area (Å²) in [5.74, 6) is 0.643. The highest BCUT2D eigenvalue weighted by Gasteiger charge is 2.03. The number of anilines is 1. The Kier molecular flexibility index (Phi) is 2.62. The van der Waals surface area contributed by atoms with Gasteiger partial charge in [-0.1, -0.05) is 12.1 Å². The third-order valence-corrected chi connectivity index (χ3v) is 1.87. The Balaban J connectivity index is 2.02. The predicted molar refractivity (Wildman–Crippen MR) is 52.8 cm³/mol. The van der Waals surface area contributed by atoms with Crippen molar-refractivity contribution in [3.63, 3.8) is 0 Å². The second kappa shape index (κ2) is 4.08. The molecule has 1 aromatic heterocycles. The van der Waals surface area contributed by atoms with Crippen molar-refractivity contribution in [1.82, 2.24) is 10.2 Å². The van der Waals surface area contributed by atoms with Gasteiger partial charge in [0, 0.05) is 6.92 Å². The van der Waals surface area contributed by atoms with E-state index in [2.05, 4.69) is 15.5 Å². The third kappa shape index (κ3) is 2.31. The zero-order chi connectivity index (χ0) is 10.7. The molecule has 0 atom stereocenters. The highest BCUT2D eigenvalue weighted by Crippen LogP contribution is 2.13. The quantitative estimate of drug-likeness (QED) is 0.837. The number of rotatable bonds is 3. The molecule has 4 nitrogen and oxygen atoms in total. The Morgan fingerprint density at radius 1 is 1.33 bits per heavy atom. The first-order valence-electron chi connectivity index (χ1n) is 4.53. The number of nitrogens with zero attached hydrogens (tertiary/aromatic N) is 2. The van der Waals surface area contributed by atoms with Crippen LogP contribution in [0, 0.1) is 12.7 Å². The van der Waals surface area contributed by atoms with E-state index in [0.29, 0.717) is 24.0 Å². The van der Waals surface area contributed by atoms with Crippen molar-refractivity contribution < 1.29 is 8.81 Å². The molecule has 0 saturated carbocycles. The SMILES string of the molecule is Cc1nnc(CNc2ccccc2F)o1. The third-order valence-electron chi connectivity index (χ3n) is 1.87. The number of aryl methyl sites for hydroxylation is 1. The van der Waals surface area contributed by atoms with Crippen LogP contribution in [0.3, 0.4) is 0 Å². The van der Waals surface area contributed by atoms with E-state index in [1.807, 2.05) is 0 Å². The van der Waals surface area contributed by atoms with Gasteiger partial charge in [-0.05, 0) is 12.1 Å². The summed E-state index contributed by atoms with van der Waals surface area (Å²) in [5, 5.41) is 10.3. The maximum Gasteiger partial charge on any atom is 0.235 e. The molecule has 1 aromatic carbocycles. The monoisotopic (exact) mass is 207 g/mol. The molecule has 0 radical (unpaired) electrons. The number of benzene rings is 1. The average molecular weight is 207 g/mol. The zero-order valence-electron chi connectivity index (χ0n) is 8.20. The minimum absolute atomic E-state index is 0.297. The molecule has 5 heteroatoms. The smallest absolute Gasteiger partial charge is 0.235 e. The fourth-order valence-corrected chi connectivity index (χ4v) is 1.18. The Morgan fingerprint density at radius 2 is 2.13 bits per heavy atom. The van der Waals surface area contributed by atoms with Crippen LogP contribution in [0.2, 0.25) is 0 Å². The predicted octanol–water partition coefficient (Wildman–Crippen LogP) is 2.13. The molecule has 0 aliphatic rings. The molecule has 0 saturated heterocycles. The topological polar surface area (TPSA) is 51.0 Å². The Labute approximate surface area is 86.1 Å². The van der Waals surface area contributed by atoms with Gasteiger partial charge in [0.15, 0.2) is 0 Å².